The monoisotopic (exact) mass is 310 g/mol. The second-order valence-corrected chi connectivity index (χ2v) is 4.79. The van der Waals surface area contributed by atoms with Crippen molar-refractivity contribution in [2.45, 2.75) is 0 Å². The van der Waals surface area contributed by atoms with Crippen LogP contribution in [-0.4, -0.2) is 30.2 Å². The number of nitrogens with zero attached hydrogens (tertiary/aromatic N) is 6. The van der Waals surface area contributed by atoms with Gasteiger partial charge in [-0.2, -0.15) is 0 Å². The lowest BCUT2D eigenvalue weighted by Crippen LogP contribution is -2.03. The first-order chi connectivity index (χ1) is 11.2. The quantitative estimate of drug-likeness (QED) is 0.569. The Morgan fingerprint density at radius 1 is 0.739 bits per heavy atom. The Labute approximate surface area is 128 Å². The van der Waals surface area contributed by atoms with Crippen molar-refractivity contribution >= 4 is 5.78 Å². The van der Waals surface area contributed by atoms with Gasteiger partial charge in [0.25, 0.3) is 5.78 Å². The molecule has 6 nitrogen and oxygen atoms in total. The van der Waals surface area contributed by atoms with Crippen LogP contribution in [0.1, 0.15) is 0 Å². The first kappa shape index (κ1) is 13.4. The molecule has 112 valence electrons. The molecule has 0 aliphatic carbocycles. The number of hydrogen-bond acceptors (Lipinski definition) is 5. The zero-order valence-electron chi connectivity index (χ0n) is 11.6. The van der Waals surface area contributed by atoms with Crippen LogP contribution in [0.5, 0.6) is 0 Å². The Balaban J connectivity index is 1.98. The summed E-state index contributed by atoms with van der Waals surface area (Å²) < 4.78 is 27.5. The smallest absolute Gasteiger partial charge is 0.207 e. The highest BCUT2D eigenvalue weighted by Gasteiger charge is 2.15. The molecular weight excluding hydrogens is 302 g/mol. The van der Waals surface area contributed by atoms with Crippen LogP contribution < -0.4 is 0 Å². The highest BCUT2D eigenvalue weighted by molar-refractivity contribution is 5.78. The third-order valence-corrected chi connectivity index (χ3v) is 3.30. The van der Waals surface area contributed by atoms with Crippen LogP contribution in [0.4, 0.5) is 8.78 Å². The van der Waals surface area contributed by atoms with Gasteiger partial charge in [0.15, 0.2) is 0 Å². The number of benzene rings is 2. The third-order valence-electron chi connectivity index (χ3n) is 3.30. The molecule has 0 bridgehead atoms. The van der Waals surface area contributed by atoms with Crippen LogP contribution in [0.25, 0.3) is 28.3 Å². The third kappa shape index (κ3) is 2.39. The van der Waals surface area contributed by atoms with Crippen LogP contribution in [-0.2, 0) is 0 Å². The SMILES string of the molecule is Fc1ccc(-c2nc3nnnn3nc2-c2ccc(F)cc2)cc1. The molecule has 0 atom stereocenters. The minimum Gasteiger partial charge on any atom is -0.207 e. The van der Waals surface area contributed by atoms with Crippen molar-refractivity contribution in [3.05, 3.63) is 60.2 Å². The molecule has 2 aromatic carbocycles. The molecule has 0 saturated carbocycles. The highest BCUT2D eigenvalue weighted by Crippen LogP contribution is 2.28. The summed E-state index contributed by atoms with van der Waals surface area (Å²) in [5.41, 5.74) is 2.26. The Hall–Kier alpha value is -3.29. The number of tetrazole rings is 1. The predicted octanol–water partition coefficient (Wildman–Crippen LogP) is 2.53. The molecule has 0 aliphatic heterocycles. The van der Waals surface area contributed by atoms with Crippen molar-refractivity contribution in [1.82, 2.24) is 30.2 Å². The Morgan fingerprint density at radius 3 is 1.91 bits per heavy atom. The zero-order chi connectivity index (χ0) is 15.8. The minimum atomic E-state index is -0.353. The lowest BCUT2D eigenvalue weighted by Gasteiger charge is -2.08. The molecule has 4 rings (SSSR count). The molecule has 0 spiro atoms. The topological polar surface area (TPSA) is 68.9 Å². The first-order valence-corrected chi connectivity index (χ1v) is 6.69. The normalized spacial score (nSPS) is 11.0. The molecule has 0 amide bonds. The number of fused-ring (bicyclic) bond motifs is 1. The zero-order valence-corrected chi connectivity index (χ0v) is 11.6. The van der Waals surface area contributed by atoms with E-state index in [1.807, 2.05) is 0 Å². The van der Waals surface area contributed by atoms with Gasteiger partial charge in [-0.15, -0.1) is 5.10 Å². The van der Waals surface area contributed by atoms with Gasteiger partial charge in [0.2, 0.25) is 0 Å². The van der Waals surface area contributed by atoms with Crippen molar-refractivity contribution in [2.24, 2.45) is 0 Å². The van der Waals surface area contributed by atoms with Crippen molar-refractivity contribution < 1.29 is 8.78 Å². The van der Waals surface area contributed by atoms with Crippen molar-refractivity contribution in [2.75, 3.05) is 0 Å². The van der Waals surface area contributed by atoms with E-state index >= 15 is 0 Å². The Morgan fingerprint density at radius 2 is 1.30 bits per heavy atom. The summed E-state index contributed by atoms with van der Waals surface area (Å²) >= 11 is 0. The van der Waals surface area contributed by atoms with E-state index in [1.165, 1.54) is 28.9 Å². The molecule has 0 N–H and O–H groups in total. The van der Waals surface area contributed by atoms with Crippen LogP contribution in [0.2, 0.25) is 0 Å². The molecule has 2 aromatic heterocycles. The summed E-state index contributed by atoms with van der Waals surface area (Å²) in [5.74, 6) is -0.487. The van der Waals surface area contributed by atoms with E-state index in [0.717, 1.165) is 0 Å². The van der Waals surface area contributed by atoms with Gasteiger partial charge in [0, 0.05) is 11.1 Å². The summed E-state index contributed by atoms with van der Waals surface area (Å²) in [6.07, 6.45) is 0. The van der Waals surface area contributed by atoms with Crippen LogP contribution >= 0.6 is 0 Å². The maximum absolute atomic E-state index is 13.2. The lowest BCUT2D eigenvalue weighted by atomic mass is 10.0. The Bertz CT molecular complexity index is 900. The molecule has 0 saturated heterocycles. The fraction of sp³-hybridized carbons (Fsp3) is 0. The number of halogens is 2. The fourth-order valence-electron chi connectivity index (χ4n) is 2.22. The summed E-state index contributed by atoms with van der Waals surface area (Å²) in [4.78, 5) is 4.38. The lowest BCUT2D eigenvalue weighted by molar-refractivity contribution is 0.627. The average molecular weight is 310 g/mol. The summed E-state index contributed by atoms with van der Waals surface area (Å²) in [5, 5.41) is 15.3. The van der Waals surface area contributed by atoms with E-state index < -0.39 is 0 Å². The molecule has 8 heteroatoms. The molecule has 0 radical (unpaired) electrons. The molecule has 0 fully saturated rings. The average Bonchev–Trinajstić information content (AvgIpc) is 3.03. The summed E-state index contributed by atoms with van der Waals surface area (Å²) in [6, 6.07) is 11.7. The highest BCUT2D eigenvalue weighted by atomic mass is 19.1. The first-order valence-electron chi connectivity index (χ1n) is 6.69. The van der Waals surface area contributed by atoms with Gasteiger partial charge in [-0.25, -0.2) is 13.8 Å². The van der Waals surface area contributed by atoms with E-state index in [1.54, 1.807) is 24.3 Å². The Kier molecular flexibility index (Phi) is 3.00. The van der Waals surface area contributed by atoms with Gasteiger partial charge in [0.1, 0.15) is 23.0 Å². The number of aromatic nitrogens is 6. The van der Waals surface area contributed by atoms with Crippen molar-refractivity contribution in [3.63, 3.8) is 0 Å². The van der Waals surface area contributed by atoms with Crippen molar-refractivity contribution in [1.29, 1.82) is 0 Å². The summed E-state index contributed by atoms with van der Waals surface area (Å²) in [7, 11) is 0. The molecule has 0 unspecified atom stereocenters. The minimum absolute atomic E-state index is 0.218. The molecule has 2 heterocycles. The molecule has 0 aliphatic rings. The van der Waals surface area contributed by atoms with Crippen LogP contribution in [0, 0.1) is 11.6 Å². The fourth-order valence-corrected chi connectivity index (χ4v) is 2.22. The van der Waals surface area contributed by atoms with Gasteiger partial charge >= 0.3 is 0 Å². The number of rotatable bonds is 2. The van der Waals surface area contributed by atoms with Gasteiger partial charge in [-0.05, 0) is 59.0 Å². The second kappa shape index (κ2) is 5.16. The van der Waals surface area contributed by atoms with Crippen LogP contribution in [0.3, 0.4) is 0 Å². The molecule has 4 aromatic rings. The molecular formula is C15H8F2N6. The maximum Gasteiger partial charge on any atom is 0.291 e. The maximum atomic E-state index is 13.2. The van der Waals surface area contributed by atoms with Gasteiger partial charge in [-0.1, -0.05) is 9.73 Å². The van der Waals surface area contributed by atoms with Gasteiger partial charge in [0.05, 0.1) is 0 Å². The van der Waals surface area contributed by atoms with Crippen LogP contribution in [0.15, 0.2) is 48.5 Å². The van der Waals surface area contributed by atoms with E-state index in [0.29, 0.717) is 22.5 Å². The molecule has 23 heavy (non-hydrogen) atoms. The summed E-state index contributed by atoms with van der Waals surface area (Å²) in [6.45, 7) is 0. The van der Waals surface area contributed by atoms with E-state index in [-0.39, 0.29) is 17.4 Å². The standard InChI is InChI=1S/C15H8F2N6/c16-11-5-1-9(2-6-11)13-14(10-3-7-12(17)8-4-10)20-23-15(18-13)19-21-22-23/h1-8H. The van der Waals surface area contributed by atoms with Gasteiger partial charge in [-0.3, -0.25) is 0 Å². The second-order valence-electron chi connectivity index (χ2n) is 4.79. The van der Waals surface area contributed by atoms with Gasteiger partial charge < -0.3 is 0 Å². The number of hydrogen-bond donors (Lipinski definition) is 0. The van der Waals surface area contributed by atoms with E-state index in [9.17, 15) is 8.78 Å². The van der Waals surface area contributed by atoms with E-state index in [2.05, 4.69) is 25.6 Å². The van der Waals surface area contributed by atoms with Crippen molar-refractivity contribution in [3.8, 4) is 22.5 Å². The largest absolute Gasteiger partial charge is 0.291 e. The predicted molar refractivity (Wildman–Crippen MR) is 77.2 cm³/mol. The van der Waals surface area contributed by atoms with E-state index in [4.69, 9.17) is 0 Å².